The van der Waals surface area contributed by atoms with Crippen LogP contribution in [0.2, 0.25) is 0 Å². The minimum atomic E-state index is 0.440. The van der Waals surface area contributed by atoms with Crippen molar-refractivity contribution in [1.29, 1.82) is 0 Å². The predicted octanol–water partition coefficient (Wildman–Crippen LogP) is 5.71. The molecule has 174 valence electrons. The fourth-order valence-corrected chi connectivity index (χ4v) is 5.01. The maximum absolute atomic E-state index is 4.61. The fraction of sp³-hybridized carbons (Fsp3) is 0.296. The summed E-state index contributed by atoms with van der Waals surface area (Å²) in [5.74, 6) is 2.21. The molecule has 1 aliphatic rings. The van der Waals surface area contributed by atoms with Crippen LogP contribution >= 0.6 is 11.3 Å². The summed E-state index contributed by atoms with van der Waals surface area (Å²) in [5.41, 5.74) is 3.01. The molecule has 1 aliphatic heterocycles. The van der Waals surface area contributed by atoms with Gasteiger partial charge in [-0.2, -0.15) is 0 Å². The van der Waals surface area contributed by atoms with Gasteiger partial charge in [-0.1, -0.05) is 32.6 Å². The van der Waals surface area contributed by atoms with E-state index in [0.717, 1.165) is 64.9 Å². The maximum Gasteiger partial charge on any atom is 0.130 e. The molecule has 4 aromatic rings. The summed E-state index contributed by atoms with van der Waals surface area (Å²) >= 11 is 1.76. The number of nitrogens with zero attached hydrogens (tertiary/aromatic N) is 5. The number of fused-ring (bicyclic) bond motifs is 1. The lowest BCUT2D eigenvalue weighted by Gasteiger charge is -2.33. The van der Waals surface area contributed by atoms with E-state index in [1.807, 2.05) is 24.7 Å². The molecular weight excluding hydrogens is 440 g/mol. The Balaban J connectivity index is 1.35. The van der Waals surface area contributed by atoms with Crippen molar-refractivity contribution < 1.29 is 0 Å². The Kier molecular flexibility index (Phi) is 6.30. The number of nitrogens with one attached hydrogen (secondary N) is 1. The van der Waals surface area contributed by atoms with Gasteiger partial charge in [0.25, 0.3) is 0 Å². The zero-order chi connectivity index (χ0) is 23.7. The van der Waals surface area contributed by atoms with E-state index in [-0.39, 0.29) is 0 Å². The van der Waals surface area contributed by atoms with Crippen molar-refractivity contribution in [1.82, 2.24) is 19.9 Å². The third-order valence-corrected chi connectivity index (χ3v) is 7.57. The normalized spacial score (nSPS) is 14.6. The first-order valence-corrected chi connectivity index (χ1v) is 12.5. The number of benzene rings is 1. The van der Waals surface area contributed by atoms with Crippen LogP contribution in [-0.4, -0.2) is 53.1 Å². The minimum absolute atomic E-state index is 0.440. The molecule has 4 heterocycles. The number of hydrogen-bond donors (Lipinski definition) is 1. The van der Waals surface area contributed by atoms with Gasteiger partial charge in [0.05, 0.1) is 9.88 Å². The van der Waals surface area contributed by atoms with Crippen molar-refractivity contribution in [2.75, 3.05) is 43.4 Å². The van der Waals surface area contributed by atoms with Crippen LogP contribution in [0.3, 0.4) is 0 Å². The van der Waals surface area contributed by atoms with Crippen molar-refractivity contribution >= 4 is 39.4 Å². The van der Waals surface area contributed by atoms with E-state index < -0.39 is 0 Å². The summed E-state index contributed by atoms with van der Waals surface area (Å²) in [7, 11) is 2.16. The van der Waals surface area contributed by atoms with Crippen LogP contribution in [0.25, 0.3) is 26.9 Å². The molecule has 5 rings (SSSR count). The fourth-order valence-electron chi connectivity index (χ4n) is 4.09. The Bertz CT molecular complexity index is 1320. The first-order valence-electron chi connectivity index (χ1n) is 11.7. The van der Waals surface area contributed by atoms with E-state index in [1.54, 1.807) is 11.3 Å². The average Bonchev–Trinajstić information content (AvgIpc) is 3.35. The molecule has 0 amide bonds. The van der Waals surface area contributed by atoms with Gasteiger partial charge in [0, 0.05) is 67.3 Å². The summed E-state index contributed by atoms with van der Waals surface area (Å²) in [6.07, 6.45) is 5.74. The lowest BCUT2D eigenvalue weighted by Crippen LogP contribution is -2.44. The van der Waals surface area contributed by atoms with Gasteiger partial charge in [0.1, 0.15) is 11.6 Å². The van der Waals surface area contributed by atoms with Crippen molar-refractivity contribution in [2.45, 2.75) is 19.8 Å². The number of pyridine rings is 2. The summed E-state index contributed by atoms with van der Waals surface area (Å²) in [6.45, 7) is 12.7. The third-order valence-electron chi connectivity index (χ3n) is 6.22. The highest BCUT2D eigenvalue weighted by atomic mass is 32.1. The molecule has 0 radical (unpaired) electrons. The number of anilines is 2. The molecule has 0 saturated carbocycles. The first kappa shape index (κ1) is 22.5. The van der Waals surface area contributed by atoms with Gasteiger partial charge in [0.15, 0.2) is 0 Å². The van der Waals surface area contributed by atoms with E-state index in [9.17, 15) is 0 Å². The van der Waals surface area contributed by atoms with Crippen LogP contribution in [0, 0.1) is 0 Å². The van der Waals surface area contributed by atoms with Crippen molar-refractivity contribution in [3.8, 4) is 10.4 Å². The first-order chi connectivity index (χ1) is 16.5. The summed E-state index contributed by atoms with van der Waals surface area (Å²) < 4.78 is 0. The number of thiazole rings is 1. The van der Waals surface area contributed by atoms with E-state index >= 15 is 0 Å². The third kappa shape index (κ3) is 4.81. The number of piperazine rings is 1. The Labute approximate surface area is 205 Å². The van der Waals surface area contributed by atoms with Gasteiger partial charge < -0.3 is 15.1 Å². The summed E-state index contributed by atoms with van der Waals surface area (Å²) in [4.78, 5) is 19.6. The summed E-state index contributed by atoms with van der Waals surface area (Å²) in [6, 6.07) is 12.7. The molecule has 1 saturated heterocycles. The standard InChI is InChI=1S/C27H30N6S/c1-18(2)27-30-17-24(34-27)21-5-6-22-16-29-25(14-23(22)13-21)31-19(3)20-7-8-28-26(15-20)33-11-9-32(4)10-12-33/h5-8,13-18H,3,9-12H2,1-2,4H3,(H,29,31). The quantitative estimate of drug-likeness (QED) is 0.389. The van der Waals surface area contributed by atoms with Gasteiger partial charge >= 0.3 is 0 Å². The van der Waals surface area contributed by atoms with E-state index in [2.05, 4.69) is 87.9 Å². The van der Waals surface area contributed by atoms with Crippen LogP contribution in [0.5, 0.6) is 0 Å². The van der Waals surface area contributed by atoms with E-state index in [4.69, 9.17) is 0 Å². The second kappa shape index (κ2) is 9.52. The monoisotopic (exact) mass is 470 g/mol. The lowest BCUT2D eigenvalue weighted by molar-refractivity contribution is 0.312. The SMILES string of the molecule is C=C(Nc1cc2cc(-c3cnc(C(C)C)s3)ccc2cn1)c1ccnc(N2CCN(C)CC2)c1. The molecule has 0 bridgehead atoms. The predicted molar refractivity (Wildman–Crippen MR) is 144 cm³/mol. The zero-order valence-corrected chi connectivity index (χ0v) is 20.8. The van der Waals surface area contributed by atoms with Gasteiger partial charge in [0.2, 0.25) is 0 Å². The molecule has 1 fully saturated rings. The summed E-state index contributed by atoms with van der Waals surface area (Å²) in [5, 5.41) is 6.80. The van der Waals surface area contributed by atoms with Crippen LogP contribution in [0.4, 0.5) is 11.6 Å². The Morgan fingerprint density at radius 1 is 0.971 bits per heavy atom. The van der Waals surface area contributed by atoms with Crippen LogP contribution in [-0.2, 0) is 0 Å². The highest BCUT2D eigenvalue weighted by Crippen LogP contribution is 2.32. The number of hydrogen-bond acceptors (Lipinski definition) is 7. The molecule has 1 N–H and O–H groups in total. The van der Waals surface area contributed by atoms with Crippen molar-refractivity contribution in [2.24, 2.45) is 0 Å². The van der Waals surface area contributed by atoms with Crippen LogP contribution in [0.1, 0.15) is 30.3 Å². The maximum atomic E-state index is 4.61. The molecule has 1 aromatic carbocycles. The molecule has 0 atom stereocenters. The highest BCUT2D eigenvalue weighted by Gasteiger charge is 2.16. The molecule has 3 aromatic heterocycles. The average molecular weight is 471 g/mol. The van der Waals surface area contributed by atoms with Crippen molar-refractivity contribution in [3.63, 3.8) is 0 Å². The Hall–Kier alpha value is -3.29. The van der Waals surface area contributed by atoms with Crippen LogP contribution in [0.15, 0.2) is 61.6 Å². The Morgan fingerprint density at radius 2 is 1.79 bits per heavy atom. The zero-order valence-electron chi connectivity index (χ0n) is 20.0. The molecule has 0 unspecified atom stereocenters. The second-order valence-corrected chi connectivity index (χ2v) is 10.2. The van der Waals surface area contributed by atoms with E-state index in [1.165, 1.54) is 10.4 Å². The smallest absolute Gasteiger partial charge is 0.130 e. The van der Waals surface area contributed by atoms with Gasteiger partial charge in [-0.25, -0.2) is 15.0 Å². The molecule has 6 nitrogen and oxygen atoms in total. The molecular formula is C27H30N6S. The van der Waals surface area contributed by atoms with Gasteiger partial charge in [-0.15, -0.1) is 11.3 Å². The van der Waals surface area contributed by atoms with Gasteiger partial charge in [-0.3, -0.25) is 0 Å². The van der Waals surface area contributed by atoms with Crippen molar-refractivity contribution in [3.05, 3.63) is 72.1 Å². The highest BCUT2D eigenvalue weighted by molar-refractivity contribution is 7.15. The second-order valence-electron chi connectivity index (χ2n) is 9.15. The topological polar surface area (TPSA) is 57.2 Å². The Morgan fingerprint density at radius 3 is 2.56 bits per heavy atom. The lowest BCUT2D eigenvalue weighted by atomic mass is 10.1. The van der Waals surface area contributed by atoms with Gasteiger partial charge in [-0.05, 0) is 42.3 Å². The van der Waals surface area contributed by atoms with Crippen LogP contribution < -0.4 is 10.2 Å². The number of aromatic nitrogens is 3. The molecule has 7 heteroatoms. The minimum Gasteiger partial charge on any atom is -0.354 e. The van der Waals surface area contributed by atoms with E-state index in [0.29, 0.717) is 5.92 Å². The largest absolute Gasteiger partial charge is 0.354 e. The number of rotatable bonds is 6. The molecule has 34 heavy (non-hydrogen) atoms. The molecule has 0 aliphatic carbocycles. The molecule has 0 spiro atoms. The number of likely N-dealkylation sites (N-methyl/N-ethyl adjacent to an activating group) is 1.